The van der Waals surface area contributed by atoms with Crippen molar-refractivity contribution in [2.75, 3.05) is 0 Å². The summed E-state index contributed by atoms with van der Waals surface area (Å²) < 4.78 is 0. The summed E-state index contributed by atoms with van der Waals surface area (Å²) >= 11 is 0. The van der Waals surface area contributed by atoms with Crippen molar-refractivity contribution >= 4 is 0 Å². The molecule has 2 rings (SSSR count). The van der Waals surface area contributed by atoms with Crippen molar-refractivity contribution in [3.63, 3.8) is 0 Å². The maximum absolute atomic E-state index is 10.3. The van der Waals surface area contributed by atoms with Crippen LogP contribution in [0.5, 0.6) is 0 Å². The first-order valence-corrected chi connectivity index (χ1v) is 5.33. The topological polar surface area (TPSA) is 33.1 Å². The summed E-state index contributed by atoms with van der Waals surface area (Å²) in [6.45, 7) is 4.03. The first-order valence-electron chi connectivity index (χ1n) is 5.33. The number of pyridine rings is 1. The Labute approximate surface area is 95.6 Å². The molecule has 1 heterocycles. The molecule has 0 amide bonds. The molecule has 1 aromatic heterocycles. The van der Waals surface area contributed by atoms with Gasteiger partial charge in [0.25, 0.3) is 0 Å². The van der Waals surface area contributed by atoms with Crippen LogP contribution in [0.15, 0.2) is 42.7 Å². The Morgan fingerprint density at radius 3 is 2.69 bits per heavy atom. The highest BCUT2D eigenvalue weighted by Gasteiger charge is 2.12. The molecule has 82 valence electrons. The summed E-state index contributed by atoms with van der Waals surface area (Å²) in [6, 6.07) is 9.83. The van der Waals surface area contributed by atoms with Gasteiger partial charge in [0.1, 0.15) is 6.10 Å². The number of hydrogen-bond acceptors (Lipinski definition) is 2. The van der Waals surface area contributed by atoms with Gasteiger partial charge in [0, 0.05) is 18.0 Å². The lowest BCUT2D eigenvalue weighted by molar-refractivity contribution is 0.219. The Morgan fingerprint density at radius 2 is 2.00 bits per heavy atom. The van der Waals surface area contributed by atoms with Crippen LogP contribution in [0.3, 0.4) is 0 Å². The minimum Gasteiger partial charge on any atom is -0.384 e. The average molecular weight is 213 g/mol. The standard InChI is InChI=1S/C14H15NO/c1-10-5-6-11(2)13(8-10)14(16)12-4-3-7-15-9-12/h3-9,14,16H,1-2H3/t14-/m1/s1. The molecular formula is C14H15NO. The predicted molar refractivity (Wildman–Crippen MR) is 64.2 cm³/mol. The molecule has 0 saturated carbocycles. The predicted octanol–water partition coefficient (Wildman–Crippen LogP) is 2.78. The van der Waals surface area contributed by atoms with Gasteiger partial charge in [-0.15, -0.1) is 0 Å². The molecule has 0 spiro atoms. The smallest absolute Gasteiger partial charge is 0.106 e. The van der Waals surface area contributed by atoms with Crippen molar-refractivity contribution in [1.82, 2.24) is 4.98 Å². The Bertz CT molecular complexity index is 479. The summed E-state index contributed by atoms with van der Waals surface area (Å²) in [6.07, 6.45) is 2.82. The number of aryl methyl sites for hydroxylation is 2. The summed E-state index contributed by atoms with van der Waals surface area (Å²) in [4.78, 5) is 4.02. The second-order valence-corrected chi connectivity index (χ2v) is 4.05. The largest absolute Gasteiger partial charge is 0.384 e. The van der Waals surface area contributed by atoms with Crippen molar-refractivity contribution in [3.8, 4) is 0 Å². The third kappa shape index (κ3) is 2.12. The summed E-state index contributed by atoms with van der Waals surface area (Å²) in [7, 11) is 0. The van der Waals surface area contributed by atoms with E-state index in [2.05, 4.69) is 11.1 Å². The lowest BCUT2D eigenvalue weighted by Crippen LogP contribution is -2.02. The van der Waals surface area contributed by atoms with Crippen molar-refractivity contribution in [2.45, 2.75) is 20.0 Å². The molecule has 16 heavy (non-hydrogen) atoms. The Hall–Kier alpha value is -1.67. The monoisotopic (exact) mass is 213 g/mol. The van der Waals surface area contributed by atoms with Crippen molar-refractivity contribution in [3.05, 3.63) is 65.0 Å². The van der Waals surface area contributed by atoms with E-state index in [1.54, 1.807) is 12.4 Å². The van der Waals surface area contributed by atoms with Gasteiger partial charge in [0.15, 0.2) is 0 Å². The van der Waals surface area contributed by atoms with Crippen LogP contribution in [-0.2, 0) is 0 Å². The first-order chi connectivity index (χ1) is 7.68. The molecule has 0 saturated heterocycles. The van der Waals surface area contributed by atoms with E-state index in [9.17, 15) is 5.11 Å². The number of benzene rings is 1. The second kappa shape index (κ2) is 4.45. The number of hydrogen-bond donors (Lipinski definition) is 1. The average Bonchev–Trinajstić information content (AvgIpc) is 2.32. The van der Waals surface area contributed by atoms with Crippen LogP contribution in [-0.4, -0.2) is 10.1 Å². The van der Waals surface area contributed by atoms with E-state index >= 15 is 0 Å². The molecule has 0 aliphatic heterocycles. The number of rotatable bonds is 2. The highest BCUT2D eigenvalue weighted by Crippen LogP contribution is 2.24. The van der Waals surface area contributed by atoms with Crippen molar-refractivity contribution in [1.29, 1.82) is 0 Å². The van der Waals surface area contributed by atoms with Gasteiger partial charge in [-0.3, -0.25) is 4.98 Å². The molecule has 0 aliphatic rings. The third-order valence-corrected chi connectivity index (χ3v) is 2.73. The van der Waals surface area contributed by atoms with Gasteiger partial charge in [-0.25, -0.2) is 0 Å². The number of aliphatic hydroxyl groups excluding tert-OH is 1. The Kier molecular flexibility index (Phi) is 3.02. The fourth-order valence-electron chi connectivity index (χ4n) is 1.77. The van der Waals surface area contributed by atoms with Crippen LogP contribution in [0, 0.1) is 13.8 Å². The van der Waals surface area contributed by atoms with E-state index in [1.807, 2.05) is 38.1 Å². The van der Waals surface area contributed by atoms with E-state index in [0.717, 1.165) is 22.3 Å². The molecular weight excluding hydrogens is 198 g/mol. The van der Waals surface area contributed by atoms with Crippen LogP contribution >= 0.6 is 0 Å². The van der Waals surface area contributed by atoms with Crippen LogP contribution < -0.4 is 0 Å². The molecule has 1 N–H and O–H groups in total. The number of aliphatic hydroxyl groups is 1. The lowest BCUT2D eigenvalue weighted by atomic mass is 9.97. The SMILES string of the molecule is Cc1ccc(C)c([C@H](O)c2cccnc2)c1. The highest BCUT2D eigenvalue weighted by atomic mass is 16.3. The molecule has 0 aliphatic carbocycles. The Balaban J connectivity index is 2.41. The molecule has 0 unspecified atom stereocenters. The maximum atomic E-state index is 10.3. The second-order valence-electron chi connectivity index (χ2n) is 4.05. The van der Waals surface area contributed by atoms with Gasteiger partial charge < -0.3 is 5.11 Å². The molecule has 1 atom stereocenters. The molecule has 2 nitrogen and oxygen atoms in total. The van der Waals surface area contributed by atoms with Crippen LogP contribution in [0.4, 0.5) is 0 Å². The molecule has 0 bridgehead atoms. The van der Waals surface area contributed by atoms with Gasteiger partial charge in [0.05, 0.1) is 0 Å². The fourth-order valence-corrected chi connectivity index (χ4v) is 1.77. The van der Waals surface area contributed by atoms with E-state index in [4.69, 9.17) is 0 Å². The minimum atomic E-state index is -0.589. The van der Waals surface area contributed by atoms with Gasteiger partial charge in [-0.05, 0) is 31.0 Å². The fraction of sp³-hybridized carbons (Fsp3) is 0.214. The maximum Gasteiger partial charge on any atom is 0.106 e. The summed E-state index contributed by atoms with van der Waals surface area (Å²) in [5.74, 6) is 0. The molecule has 2 aromatic rings. The summed E-state index contributed by atoms with van der Waals surface area (Å²) in [5, 5.41) is 10.3. The minimum absolute atomic E-state index is 0.589. The van der Waals surface area contributed by atoms with Gasteiger partial charge in [-0.1, -0.05) is 29.8 Å². The highest BCUT2D eigenvalue weighted by molar-refractivity contribution is 5.36. The van der Waals surface area contributed by atoms with Gasteiger partial charge in [-0.2, -0.15) is 0 Å². The van der Waals surface area contributed by atoms with E-state index in [-0.39, 0.29) is 0 Å². The van der Waals surface area contributed by atoms with Crippen LogP contribution in [0.2, 0.25) is 0 Å². The Morgan fingerprint density at radius 1 is 1.19 bits per heavy atom. The van der Waals surface area contributed by atoms with E-state index < -0.39 is 6.10 Å². The quantitative estimate of drug-likeness (QED) is 0.832. The van der Waals surface area contributed by atoms with Crippen molar-refractivity contribution in [2.24, 2.45) is 0 Å². The summed E-state index contributed by atoms with van der Waals surface area (Å²) in [5.41, 5.74) is 4.04. The van der Waals surface area contributed by atoms with Crippen molar-refractivity contribution < 1.29 is 5.11 Å². The molecule has 0 fully saturated rings. The molecule has 2 heteroatoms. The normalized spacial score (nSPS) is 12.4. The van der Waals surface area contributed by atoms with Gasteiger partial charge >= 0.3 is 0 Å². The van der Waals surface area contributed by atoms with Gasteiger partial charge in [0.2, 0.25) is 0 Å². The zero-order valence-electron chi connectivity index (χ0n) is 9.51. The van der Waals surface area contributed by atoms with Crippen LogP contribution in [0.1, 0.15) is 28.4 Å². The molecule has 0 radical (unpaired) electrons. The van der Waals surface area contributed by atoms with Crippen LogP contribution in [0.25, 0.3) is 0 Å². The number of aromatic nitrogens is 1. The zero-order valence-corrected chi connectivity index (χ0v) is 9.51. The third-order valence-electron chi connectivity index (χ3n) is 2.73. The van der Waals surface area contributed by atoms with E-state index in [0.29, 0.717) is 0 Å². The first kappa shape index (κ1) is 10.8. The zero-order chi connectivity index (χ0) is 11.5. The lowest BCUT2D eigenvalue weighted by Gasteiger charge is -2.14. The molecule has 1 aromatic carbocycles. The number of nitrogens with zero attached hydrogens (tertiary/aromatic N) is 1. The van der Waals surface area contributed by atoms with E-state index in [1.165, 1.54) is 0 Å².